The molecule has 0 atom stereocenters. The molecule has 0 amide bonds. The van der Waals surface area contributed by atoms with Crippen molar-refractivity contribution in [1.29, 1.82) is 0 Å². The summed E-state index contributed by atoms with van der Waals surface area (Å²) >= 11 is 0. The molecule has 0 unspecified atom stereocenters. The highest BCUT2D eigenvalue weighted by molar-refractivity contribution is 6.10. The van der Waals surface area contributed by atoms with Crippen LogP contribution < -0.4 is 10.1 Å². The predicted molar refractivity (Wildman–Crippen MR) is 161 cm³/mol. The number of hydrogen-bond acceptors (Lipinski definition) is 6. The normalized spacial score (nSPS) is 15.0. The number of anilines is 1. The van der Waals surface area contributed by atoms with Gasteiger partial charge in [-0.3, -0.25) is 9.67 Å². The molecule has 1 aliphatic heterocycles. The lowest BCUT2D eigenvalue weighted by Gasteiger charge is -2.13. The molecule has 1 saturated carbocycles. The van der Waals surface area contributed by atoms with Gasteiger partial charge in [-0.25, -0.2) is 18.6 Å². The summed E-state index contributed by atoms with van der Waals surface area (Å²) in [7, 11) is 0. The van der Waals surface area contributed by atoms with E-state index in [1.54, 1.807) is 23.9 Å². The maximum absolute atomic E-state index is 15.1. The van der Waals surface area contributed by atoms with Crippen molar-refractivity contribution in [1.82, 2.24) is 14.8 Å². The standard InChI is InChI=1S/C33H31F2N5O3/c1-3-19-14-29(38-32(22-10-7-9-21(19)22)37-28-12-13-36-17-24(28)33(41)42)31-23-8-5-6-11-30(23)40(39-31)18-25-26(34)15-20(43-4-2)16-27(25)35/h5-6,8,11-13,15-17H,3-4,7,9-10,14,18H2,1-2H3,(H,36,37)(H,41,42). The Morgan fingerprint density at radius 3 is 2.60 bits per heavy atom. The van der Waals surface area contributed by atoms with Gasteiger partial charge in [-0.2, -0.15) is 5.10 Å². The summed E-state index contributed by atoms with van der Waals surface area (Å²) in [4.78, 5) is 21.0. The summed E-state index contributed by atoms with van der Waals surface area (Å²) < 4.78 is 37.0. The van der Waals surface area contributed by atoms with Crippen molar-refractivity contribution >= 4 is 28.3 Å². The topological polar surface area (TPSA) is 102 Å². The molecule has 0 radical (unpaired) electrons. The summed E-state index contributed by atoms with van der Waals surface area (Å²) in [6.45, 7) is 4.05. The van der Waals surface area contributed by atoms with Crippen LogP contribution in [0.3, 0.4) is 0 Å². The molecule has 1 fully saturated rings. The van der Waals surface area contributed by atoms with Gasteiger partial charge in [-0.15, -0.1) is 0 Å². The Hall–Kier alpha value is -4.86. The first-order valence-corrected chi connectivity index (χ1v) is 14.4. The molecule has 8 nitrogen and oxygen atoms in total. The Labute approximate surface area is 247 Å². The van der Waals surface area contributed by atoms with Crippen molar-refractivity contribution < 1.29 is 23.4 Å². The van der Waals surface area contributed by atoms with Crippen LogP contribution in [-0.2, 0) is 6.54 Å². The number of hydrogen-bond donors (Lipinski definition) is 2. The number of nitrogens with zero attached hydrogens (tertiary/aromatic N) is 4. The Bertz CT molecular complexity index is 1820. The van der Waals surface area contributed by atoms with Crippen LogP contribution in [-0.4, -0.2) is 38.2 Å². The van der Waals surface area contributed by atoms with Gasteiger partial charge in [0.05, 0.1) is 30.1 Å². The van der Waals surface area contributed by atoms with Crippen molar-refractivity contribution in [2.24, 2.45) is 4.99 Å². The third kappa shape index (κ3) is 5.40. The number of nitrogens with one attached hydrogen (secondary N) is 1. The first-order chi connectivity index (χ1) is 20.9. The first-order valence-electron chi connectivity index (χ1n) is 14.4. The molecule has 6 rings (SSSR count). The smallest absolute Gasteiger partial charge is 0.339 e. The van der Waals surface area contributed by atoms with Gasteiger partial charge in [0.1, 0.15) is 34.5 Å². The van der Waals surface area contributed by atoms with E-state index in [-0.39, 0.29) is 23.4 Å². The van der Waals surface area contributed by atoms with E-state index in [1.807, 2.05) is 24.3 Å². The summed E-state index contributed by atoms with van der Waals surface area (Å²) in [6.07, 6.45) is 6.95. The average molecular weight is 584 g/mol. The van der Waals surface area contributed by atoms with E-state index in [2.05, 4.69) is 17.2 Å². The second kappa shape index (κ2) is 11.8. The number of benzene rings is 2. The number of aliphatic imine (C=N–C) groups is 1. The molecule has 2 aromatic heterocycles. The molecule has 4 aromatic rings. The Morgan fingerprint density at radius 1 is 1.09 bits per heavy atom. The van der Waals surface area contributed by atoms with Crippen molar-refractivity contribution in [3.05, 3.63) is 106 Å². The zero-order chi connectivity index (χ0) is 30.1. The van der Waals surface area contributed by atoms with Gasteiger partial charge in [0, 0.05) is 41.9 Å². The predicted octanol–water partition coefficient (Wildman–Crippen LogP) is 7.26. The molecule has 220 valence electrons. The van der Waals surface area contributed by atoms with Crippen molar-refractivity contribution in [2.45, 2.75) is 52.5 Å². The van der Waals surface area contributed by atoms with Crippen molar-refractivity contribution in [3.63, 3.8) is 0 Å². The number of allylic oxidation sites excluding steroid dienone is 3. The minimum absolute atomic E-state index is 0.0463. The minimum atomic E-state index is -1.09. The fourth-order valence-corrected chi connectivity index (χ4v) is 5.92. The highest BCUT2D eigenvalue weighted by Gasteiger charge is 2.28. The molecule has 2 aromatic carbocycles. The first kappa shape index (κ1) is 28.3. The second-order valence-corrected chi connectivity index (χ2v) is 10.5. The van der Waals surface area contributed by atoms with Crippen LogP contribution in [0.4, 0.5) is 14.5 Å². The van der Waals surface area contributed by atoms with Crippen LogP contribution in [0.1, 0.15) is 67.6 Å². The van der Waals surface area contributed by atoms with E-state index in [0.29, 0.717) is 41.5 Å². The number of carboxylic acid groups (broad SMARTS) is 1. The lowest BCUT2D eigenvalue weighted by molar-refractivity contribution is 0.0697. The average Bonchev–Trinajstić information content (AvgIpc) is 3.59. The molecule has 2 aliphatic rings. The highest BCUT2D eigenvalue weighted by Crippen LogP contribution is 2.40. The number of para-hydroxylation sites is 1. The summed E-state index contributed by atoms with van der Waals surface area (Å²) in [5, 5.41) is 18.8. The van der Waals surface area contributed by atoms with Crippen LogP contribution >= 0.6 is 0 Å². The molecule has 10 heteroatoms. The van der Waals surface area contributed by atoms with Crippen molar-refractivity contribution in [3.8, 4) is 5.75 Å². The maximum atomic E-state index is 15.1. The van der Waals surface area contributed by atoms with Crippen LogP contribution in [0, 0.1) is 11.6 Å². The number of pyridine rings is 1. The summed E-state index contributed by atoms with van der Waals surface area (Å²) in [6, 6.07) is 11.6. The Kier molecular flexibility index (Phi) is 7.75. The van der Waals surface area contributed by atoms with Gasteiger partial charge in [0.2, 0.25) is 0 Å². The van der Waals surface area contributed by atoms with Crippen molar-refractivity contribution in [2.75, 3.05) is 11.9 Å². The molecular formula is C33H31F2N5O3. The third-order valence-electron chi connectivity index (χ3n) is 7.95. The lowest BCUT2D eigenvalue weighted by Crippen LogP contribution is -2.11. The highest BCUT2D eigenvalue weighted by atomic mass is 19.1. The molecule has 1 aliphatic carbocycles. The molecule has 0 bridgehead atoms. The number of carboxylic acids is 1. The fraction of sp³-hybridized carbons (Fsp3) is 0.273. The molecule has 43 heavy (non-hydrogen) atoms. The quantitative estimate of drug-likeness (QED) is 0.215. The lowest BCUT2D eigenvalue weighted by atomic mass is 9.95. The van der Waals surface area contributed by atoms with E-state index in [9.17, 15) is 9.90 Å². The van der Waals surface area contributed by atoms with Gasteiger partial charge in [0.15, 0.2) is 0 Å². The number of carbonyl (C=O) groups is 1. The number of ether oxygens (including phenoxy) is 1. The van der Waals surface area contributed by atoms with Gasteiger partial charge in [-0.1, -0.05) is 30.7 Å². The number of aromatic nitrogens is 3. The largest absolute Gasteiger partial charge is 0.494 e. The Balaban J connectivity index is 1.47. The van der Waals surface area contributed by atoms with E-state index in [1.165, 1.54) is 29.5 Å². The van der Waals surface area contributed by atoms with Gasteiger partial charge in [-0.05, 0) is 55.9 Å². The fourth-order valence-electron chi connectivity index (χ4n) is 5.92. The van der Waals surface area contributed by atoms with Gasteiger partial charge >= 0.3 is 5.97 Å². The zero-order valence-electron chi connectivity index (χ0n) is 24.0. The summed E-state index contributed by atoms with van der Waals surface area (Å²) in [5.41, 5.74) is 5.93. The van der Waals surface area contributed by atoms with Crippen LogP contribution in [0.5, 0.6) is 5.75 Å². The van der Waals surface area contributed by atoms with E-state index < -0.39 is 17.6 Å². The van der Waals surface area contributed by atoms with Crippen LogP contribution in [0.15, 0.2) is 82.4 Å². The molecular weight excluding hydrogens is 552 g/mol. The monoisotopic (exact) mass is 583 g/mol. The molecule has 0 spiro atoms. The van der Waals surface area contributed by atoms with Crippen LogP contribution in [0.25, 0.3) is 10.9 Å². The van der Waals surface area contributed by atoms with E-state index in [0.717, 1.165) is 36.6 Å². The van der Waals surface area contributed by atoms with Crippen LogP contribution in [0.2, 0.25) is 0 Å². The Morgan fingerprint density at radius 2 is 1.86 bits per heavy atom. The number of fused-ring (bicyclic) bond motifs is 2. The second-order valence-electron chi connectivity index (χ2n) is 10.5. The van der Waals surface area contributed by atoms with Gasteiger partial charge < -0.3 is 15.2 Å². The molecule has 2 N–H and O–H groups in total. The minimum Gasteiger partial charge on any atom is -0.494 e. The molecule has 3 heterocycles. The maximum Gasteiger partial charge on any atom is 0.339 e. The molecule has 0 saturated heterocycles. The number of halogens is 2. The number of rotatable bonds is 9. The summed E-state index contributed by atoms with van der Waals surface area (Å²) in [5.74, 6) is -1.77. The SMILES string of the molecule is CCOc1cc(F)c(Cn2nc(C3=NC(Nc4ccncc4C(=O)O)=C4CCCC4=C(CC)C3)c3ccccc32)c(F)c1. The van der Waals surface area contributed by atoms with Gasteiger partial charge in [0.25, 0.3) is 0 Å². The zero-order valence-corrected chi connectivity index (χ0v) is 24.0. The van der Waals surface area contributed by atoms with E-state index >= 15 is 8.78 Å². The number of aromatic carboxylic acids is 1. The van der Waals surface area contributed by atoms with E-state index in [4.69, 9.17) is 14.8 Å². The third-order valence-corrected chi connectivity index (χ3v) is 7.95.